The minimum atomic E-state index is -1.52. The van der Waals surface area contributed by atoms with Gasteiger partial charge >= 0.3 is 0 Å². The lowest BCUT2D eigenvalue weighted by molar-refractivity contribution is -0.126. The van der Waals surface area contributed by atoms with E-state index in [0.29, 0.717) is 25.0 Å². The van der Waals surface area contributed by atoms with Crippen molar-refractivity contribution in [2.24, 2.45) is 5.92 Å². The molecule has 0 aliphatic heterocycles. The first-order valence-electron chi connectivity index (χ1n) is 7.11. The van der Waals surface area contributed by atoms with E-state index in [9.17, 15) is 22.8 Å². The van der Waals surface area contributed by atoms with Crippen LogP contribution >= 0.6 is 0 Å². The monoisotopic (exact) mass is 314 g/mol. The molecule has 120 valence electrons. The Labute approximate surface area is 126 Å². The third-order valence-corrected chi connectivity index (χ3v) is 3.94. The maximum absolute atomic E-state index is 13.6. The van der Waals surface area contributed by atoms with Crippen LogP contribution in [0, 0.1) is 23.4 Å². The Morgan fingerprint density at radius 1 is 1.09 bits per heavy atom. The smallest absolute Gasteiger partial charge is 0.257 e. The van der Waals surface area contributed by atoms with Crippen LogP contribution in [-0.4, -0.2) is 24.9 Å². The predicted molar refractivity (Wildman–Crippen MR) is 73.6 cm³/mol. The highest BCUT2D eigenvalue weighted by atomic mass is 19.2. The molecule has 2 atom stereocenters. The van der Waals surface area contributed by atoms with Gasteiger partial charge in [-0.25, -0.2) is 13.2 Å². The van der Waals surface area contributed by atoms with Crippen molar-refractivity contribution in [3.8, 4) is 0 Å². The van der Waals surface area contributed by atoms with Gasteiger partial charge in [-0.15, -0.1) is 0 Å². The molecule has 1 aromatic rings. The lowest BCUT2D eigenvalue weighted by Gasteiger charge is -2.30. The van der Waals surface area contributed by atoms with Crippen molar-refractivity contribution in [3.05, 3.63) is 35.1 Å². The molecule has 4 nitrogen and oxygen atoms in total. The molecular formula is C15H17F3N2O2. The molecule has 1 aliphatic rings. The summed E-state index contributed by atoms with van der Waals surface area (Å²) in [5.74, 6) is -5.69. The second kappa shape index (κ2) is 6.81. The number of rotatable bonds is 3. The molecular weight excluding hydrogens is 297 g/mol. The quantitative estimate of drug-likeness (QED) is 0.840. The lowest BCUT2D eigenvalue weighted by atomic mass is 9.83. The maximum Gasteiger partial charge on any atom is 0.257 e. The summed E-state index contributed by atoms with van der Waals surface area (Å²) in [6.07, 6.45) is 2.75. The van der Waals surface area contributed by atoms with Crippen LogP contribution < -0.4 is 10.6 Å². The molecule has 2 amide bonds. The molecule has 0 radical (unpaired) electrons. The number of benzene rings is 1. The SMILES string of the molecule is CNC(=O)[C@H]1CCCC[C@H]1NC(=O)c1c(F)ccc(F)c1F. The molecule has 0 bridgehead atoms. The van der Waals surface area contributed by atoms with Crippen LogP contribution in [0.5, 0.6) is 0 Å². The zero-order valence-corrected chi connectivity index (χ0v) is 12.1. The normalized spacial score (nSPS) is 21.3. The first kappa shape index (κ1) is 16.3. The van der Waals surface area contributed by atoms with Crippen LogP contribution in [0.1, 0.15) is 36.0 Å². The van der Waals surface area contributed by atoms with E-state index in [-0.39, 0.29) is 5.91 Å². The molecule has 1 fully saturated rings. The van der Waals surface area contributed by atoms with Crippen molar-refractivity contribution in [2.45, 2.75) is 31.7 Å². The summed E-state index contributed by atoms with van der Waals surface area (Å²) in [5, 5.41) is 4.97. The van der Waals surface area contributed by atoms with Crippen LogP contribution in [0.4, 0.5) is 13.2 Å². The number of carbonyl (C=O) groups is 2. The molecule has 22 heavy (non-hydrogen) atoms. The fourth-order valence-electron chi connectivity index (χ4n) is 2.78. The van der Waals surface area contributed by atoms with E-state index >= 15 is 0 Å². The standard InChI is InChI=1S/C15H17F3N2O2/c1-19-14(21)8-4-2-3-5-11(8)20-15(22)12-9(16)6-7-10(17)13(12)18/h6-8,11H,2-5H2,1H3,(H,19,21)(H,20,22)/t8-,11+/m0/s1. The first-order valence-corrected chi connectivity index (χ1v) is 7.11. The lowest BCUT2D eigenvalue weighted by Crippen LogP contribution is -2.48. The van der Waals surface area contributed by atoms with Crippen molar-refractivity contribution in [1.82, 2.24) is 10.6 Å². The number of hydrogen-bond donors (Lipinski definition) is 2. The largest absolute Gasteiger partial charge is 0.359 e. The van der Waals surface area contributed by atoms with E-state index < -0.39 is 40.9 Å². The van der Waals surface area contributed by atoms with Gasteiger partial charge in [0.15, 0.2) is 11.6 Å². The maximum atomic E-state index is 13.6. The highest BCUT2D eigenvalue weighted by Gasteiger charge is 2.33. The molecule has 0 heterocycles. The summed E-state index contributed by atoms with van der Waals surface area (Å²) in [5.41, 5.74) is -0.957. The van der Waals surface area contributed by atoms with E-state index in [4.69, 9.17) is 0 Å². The van der Waals surface area contributed by atoms with Gasteiger partial charge < -0.3 is 10.6 Å². The van der Waals surface area contributed by atoms with Gasteiger partial charge in [0.05, 0.1) is 5.92 Å². The first-order chi connectivity index (χ1) is 10.5. The molecule has 2 N–H and O–H groups in total. The number of carbonyl (C=O) groups excluding carboxylic acids is 2. The topological polar surface area (TPSA) is 58.2 Å². The Morgan fingerprint density at radius 3 is 2.41 bits per heavy atom. The van der Waals surface area contributed by atoms with Gasteiger partial charge in [0.1, 0.15) is 11.4 Å². The van der Waals surface area contributed by atoms with Crippen molar-refractivity contribution in [1.29, 1.82) is 0 Å². The molecule has 0 aromatic heterocycles. The average molecular weight is 314 g/mol. The summed E-state index contributed by atoms with van der Waals surface area (Å²) < 4.78 is 40.4. The molecule has 0 spiro atoms. The molecule has 1 saturated carbocycles. The second-order valence-electron chi connectivity index (χ2n) is 5.30. The van der Waals surface area contributed by atoms with Crippen molar-refractivity contribution >= 4 is 11.8 Å². The highest BCUT2D eigenvalue weighted by Crippen LogP contribution is 2.25. The summed E-state index contributed by atoms with van der Waals surface area (Å²) >= 11 is 0. The minimum Gasteiger partial charge on any atom is -0.359 e. The van der Waals surface area contributed by atoms with E-state index in [2.05, 4.69) is 10.6 Å². The van der Waals surface area contributed by atoms with E-state index in [1.54, 1.807) is 0 Å². The fraction of sp³-hybridized carbons (Fsp3) is 0.467. The van der Waals surface area contributed by atoms with Crippen molar-refractivity contribution in [3.63, 3.8) is 0 Å². The van der Waals surface area contributed by atoms with E-state index in [0.717, 1.165) is 12.8 Å². The minimum absolute atomic E-state index is 0.231. The van der Waals surface area contributed by atoms with Crippen LogP contribution in [-0.2, 0) is 4.79 Å². The van der Waals surface area contributed by atoms with Crippen LogP contribution in [0.25, 0.3) is 0 Å². The molecule has 0 unspecified atom stereocenters. The van der Waals surface area contributed by atoms with Gasteiger partial charge in [-0.05, 0) is 25.0 Å². The summed E-state index contributed by atoms with van der Waals surface area (Å²) in [6.45, 7) is 0. The Morgan fingerprint density at radius 2 is 1.73 bits per heavy atom. The van der Waals surface area contributed by atoms with Gasteiger partial charge in [0, 0.05) is 13.1 Å². The molecule has 7 heteroatoms. The third-order valence-electron chi connectivity index (χ3n) is 3.94. The fourth-order valence-corrected chi connectivity index (χ4v) is 2.78. The highest BCUT2D eigenvalue weighted by molar-refractivity contribution is 5.95. The van der Waals surface area contributed by atoms with Crippen LogP contribution in [0.2, 0.25) is 0 Å². The summed E-state index contributed by atoms with van der Waals surface area (Å²) in [6, 6.07) is 0.795. The summed E-state index contributed by atoms with van der Waals surface area (Å²) in [4.78, 5) is 23.9. The van der Waals surface area contributed by atoms with Gasteiger partial charge in [-0.2, -0.15) is 0 Å². The van der Waals surface area contributed by atoms with Gasteiger partial charge in [-0.3, -0.25) is 9.59 Å². The second-order valence-corrected chi connectivity index (χ2v) is 5.30. The Balaban J connectivity index is 2.20. The summed E-state index contributed by atoms with van der Waals surface area (Å²) in [7, 11) is 1.49. The Hall–Kier alpha value is -2.05. The Bertz CT molecular complexity index is 592. The molecule has 1 aliphatic carbocycles. The molecule has 2 rings (SSSR count). The van der Waals surface area contributed by atoms with Gasteiger partial charge in [-0.1, -0.05) is 12.8 Å². The van der Waals surface area contributed by atoms with E-state index in [1.165, 1.54) is 7.05 Å². The van der Waals surface area contributed by atoms with Crippen LogP contribution in [0.3, 0.4) is 0 Å². The number of nitrogens with one attached hydrogen (secondary N) is 2. The third kappa shape index (κ3) is 3.23. The van der Waals surface area contributed by atoms with Gasteiger partial charge in [0.2, 0.25) is 5.91 Å². The zero-order chi connectivity index (χ0) is 16.3. The van der Waals surface area contributed by atoms with Crippen molar-refractivity contribution < 1.29 is 22.8 Å². The van der Waals surface area contributed by atoms with Crippen LogP contribution in [0.15, 0.2) is 12.1 Å². The molecule has 0 saturated heterocycles. The number of amides is 2. The van der Waals surface area contributed by atoms with E-state index in [1.807, 2.05) is 0 Å². The average Bonchev–Trinajstić information content (AvgIpc) is 2.51. The number of hydrogen-bond acceptors (Lipinski definition) is 2. The zero-order valence-electron chi connectivity index (χ0n) is 12.1. The van der Waals surface area contributed by atoms with Crippen molar-refractivity contribution in [2.75, 3.05) is 7.05 Å². The number of halogens is 3. The molecule has 1 aromatic carbocycles. The Kier molecular flexibility index (Phi) is 5.05. The van der Waals surface area contributed by atoms with Gasteiger partial charge in [0.25, 0.3) is 5.91 Å². The predicted octanol–water partition coefficient (Wildman–Crippen LogP) is 2.14.